The maximum atomic E-state index is 10.8. The second kappa shape index (κ2) is 4.84. The van der Waals surface area contributed by atoms with Gasteiger partial charge in [0, 0.05) is 12.4 Å². The van der Waals surface area contributed by atoms with Crippen LogP contribution in [0.4, 0.5) is 0 Å². The van der Waals surface area contributed by atoms with Crippen LogP contribution in [-0.2, 0) is 15.6 Å². The van der Waals surface area contributed by atoms with Crippen LogP contribution in [0.5, 0.6) is 0 Å². The van der Waals surface area contributed by atoms with Crippen molar-refractivity contribution < 1.29 is 24.0 Å². The average molecular weight is 249 g/mol. The Kier molecular flexibility index (Phi) is 3.97. The SMILES string of the molecule is O=[P+](O)C(O)(Cc1cccnc1)[P+](=O)O. The van der Waals surface area contributed by atoms with Gasteiger partial charge in [0.2, 0.25) is 0 Å². The van der Waals surface area contributed by atoms with Gasteiger partial charge in [-0.2, -0.15) is 9.79 Å². The molecule has 0 aliphatic heterocycles. The van der Waals surface area contributed by atoms with Crippen LogP contribution in [0.2, 0.25) is 0 Å². The van der Waals surface area contributed by atoms with Crippen LogP contribution in [0, 0.1) is 0 Å². The summed E-state index contributed by atoms with van der Waals surface area (Å²) in [7, 11) is -6.33. The molecule has 0 amide bonds. The fourth-order valence-corrected chi connectivity index (χ4v) is 2.21. The third-order valence-corrected chi connectivity index (χ3v) is 4.34. The Morgan fingerprint density at radius 3 is 2.33 bits per heavy atom. The van der Waals surface area contributed by atoms with Crippen LogP contribution < -0.4 is 0 Å². The molecule has 2 unspecified atom stereocenters. The van der Waals surface area contributed by atoms with Crippen LogP contribution in [-0.4, -0.2) is 25.0 Å². The van der Waals surface area contributed by atoms with Gasteiger partial charge in [-0.25, -0.2) is 0 Å². The lowest BCUT2D eigenvalue weighted by Crippen LogP contribution is -2.22. The second-order valence-electron chi connectivity index (χ2n) is 2.86. The number of nitrogens with zero attached hydrogens (tertiary/aromatic N) is 1. The van der Waals surface area contributed by atoms with E-state index in [0.717, 1.165) is 0 Å². The Bertz CT molecular complexity index is 368. The van der Waals surface area contributed by atoms with Gasteiger partial charge in [-0.15, -0.1) is 0 Å². The molecule has 0 fully saturated rings. The standard InChI is InChI=1S/C7H7NO5P2/c9-7(14(10)11,15(12)13)4-6-2-1-3-8-5-6/h1-3,5,9H,4H2/p+2. The molecular formula is C7H9NO5P2+2. The zero-order chi connectivity index (χ0) is 11.5. The van der Waals surface area contributed by atoms with Crippen molar-refractivity contribution in [3.8, 4) is 0 Å². The summed E-state index contributed by atoms with van der Waals surface area (Å²) < 4.78 is 21.6. The minimum atomic E-state index is -3.16. The van der Waals surface area contributed by atoms with Crippen molar-refractivity contribution in [2.24, 2.45) is 0 Å². The predicted octanol–water partition coefficient (Wildman–Crippen LogP) is 0.740. The lowest BCUT2D eigenvalue weighted by Gasteiger charge is -2.01. The van der Waals surface area contributed by atoms with Gasteiger partial charge in [0.05, 0.1) is 0 Å². The number of hydrogen-bond acceptors (Lipinski definition) is 4. The van der Waals surface area contributed by atoms with E-state index >= 15 is 0 Å². The first-order valence-electron chi connectivity index (χ1n) is 3.90. The molecule has 0 aromatic carbocycles. The van der Waals surface area contributed by atoms with Crippen molar-refractivity contribution in [1.82, 2.24) is 4.98 Å². The maximum absolute atomic E-state index is 10.8. The van der Waals surface area contributed by atoms with Crippen molar-refractivity contribution in [2.45, 2.75) is 11.5 Å². The van der Waals surface area contributed by atoms with Crippen molar-refractivity contribution in [2.75, 3.05) is 0 Å². The third kappa shape index (κ3) is 2.84. The van der Waals surface area contributed by atoms with E-state index in [4.69, 9.17) is 9.79 Å². The van der Waals surface area contributed by atoms with Crippen LogP contribution in [0.25, 0.3) is 0 Å². The minimum Gasteiger partial charge on any atom is -0.304 e. The first-order valence-corrected chi connectivity index (χ1v) is 6.33. The number of hydrogen-bond donors (Lipinski definition) is 3. The number of pyridine rings is 1. The molecule has 1 aromatic rings. The largest absolute Gasteiger partial charge is 0.600 e. The van der Waals surface area contributed by atoms with E-state index in [-0.39, 0.29) is 0 Å². The molecule has 0 aliphatic rings. The van der Waals surface area contributed by atoms with Gasteiger partial charge in [0.25, 0.3) is 0 Å². The van der Waals surface area contributed by atoms with Gasteiger partial charge < -0.3 is 5.11 Å². The Balaban J connectivity index is 2.95. The summed E-state index contributed by atoms with van der Waals surface area (Å²) in [5.41, 5.74) is 0.412. The van der Waals surface area contributed by atoms with Crippen molar-refractivity contribution in [1.29, 1.82) is 0 Å². The summed E-state index contributed by atoms with van der Waals surface area (Å²) in [4.78, 5) is 21.3. The van der Waals surface area contributed by atoms with E-state index in [1.807, 2.05) is 0 Å². The zero-order valence-corrected chi connectivity index (χ0v) is 9.31. The lowest BCUT2D eigenvalue weighted by molar-refractivity contribution is 0.183. The summed E-state index contributed by atoms with van der Waals surface area (Å²) in [6.07, 6.45) is 2.45. The molecule has 6 nitrogen and oxygen atoms in total. The summed E-state index contributed by atoms with van der Waals surface area (Å²) in [5.74, 6) is 0. The monoisotopic (exact) mass is 249 g/mol. The first kappa shape index (κ1) is 12.3. The van der Waals surface area contributed by atoms with Crippen LogP contribution in [0.1, 0.15) is 5.56 Å². The fourth-order valence-electron chi connectivity index (χ4n) is 0.985. The summed E-state index contributed by atoms with van der Waals surface area (Å²) in [6, 6.07) is 3.10. The van der Waals surface area contributed by atoms with Crippen molar-refractivity contribution in [3.05, 3.63) is 30.1 Å². The van der Waals surface area contributed by atoms with Gasteiger partial charge in [0.15, 0.2) is 0 Å². The Morgan fingerprint density at radius 2 is 1.93 bits per heavy atom. The number of rotatable bonds is 4. The van der Waals surface area contributed by atoms with Crippen molar-refractivity contribution in [3.63, 3.8) is 0 Å². The van der Waals surface area contributed by atoms with E-state index in [1.54, 1.807) is 6.07 Å². The topological polar surface area (TPSA) is 108 Å². The third-order valence-electron chi connectivity index (χ3n) is 1.78. The highest BCUT2D eigenvalue weighted by Gasteiger charge is 2.66. The molecule has 1 heterocycles. The Morgan fingerprint density at radius 1 is 1.33 bits per heavy atom. The van der Waals surface area contributed by atoms with E-state index in [0.29, 0.717) is 5.56 Å². The fraction of sp³-hybridized carbons (Fsp3) is 0.286. The molecule has 15 heavy (non-hydrogen) atoms. The molecule has 1 rings (SSSR count). The first-order chi connectivity index (χ1) is 6.97. The number of aromatic nitrogens is 1. The highest BCUT2D eigenvalue weighted by molar-refractivity contribution is 7.59. The molecule has 80 valence electrons. The summed E-state index contributed by atoms with van der Waals surface area (Å²) >= 11 is 0. The molecule has 0 saturated heterocycles. The van der Waals surface area contributed by atoms with Gasteiger partial charge in [0.1, 0.15) is 6.42 Å². The molecule has 1 aromatic heterocycles. The van der Waals surface area contributed by atoms with E-state index in [1.165, 1.54) is 18.5 Å². The quantitative estimate of drug-likeness (QED) is 0.679. The van der Waals surface area contributed by atoms with Gasteiger partial charge in [-0.3, -0.25) is 4.98 Å². The predicted molar refractivity (Wildman–Crippen MR) is 52.5 cm³/mol. The van der Waals surface area contributed by atoms with Crippen LogP contribution >= 0.6 is 16.1 Å². The van der Waals surface area contributed by atoms with Crippen LogP contribution in [0.15, 0.2) is 24.5 Å². The zero-order valence-electron chi connectivity index (χ0n) is 7.52. The smallest absolute Gasteiger partial charge is 0.304 e. The minimum absolute atomic E-state index is 0.391. The van der Waals surface area contributed by atoms with Gasteiger partial charge in [-0.1, -0.05) is 6.07 Å². The van der Waals surface area contributed by atoms with Gasteiger partial charge >= 0.3 is 21.1 Å². The molecule has 0 spiro atoms. The maximum Gasteiger partial charge on any atom is 0.600 e. The number of aliphatic hydroxyl groups is 1. The highest BCUT2D eigenvalue weighted by Crippen LogP contribution is 2.51. The van der Waals surface area contributed by atoms with Gasteiger partial charge in [-0.05, 0) is 20.8 Å². The van der Waals surface area contributed by atoms with E-state index in [9.17, 15) is 14.2 Å². The Hall–Kier alpha value is -0.770. The molecule has 0 aliphatic carbocycles. The highest BCUT2D eigenvalue weighted by atomic mass is 31.2. The van der Waals surface area contributed by atoms with Crippen molar-refractivity contribution >= 4 is 16.1 Å². The summed E-state index contributed by atoms with van der Waals surface area (Å²) in [6.45, 7) is 0. The molecule has 2 atom stereocenters. The molecule has 0 saturated carbocycles. The molecule has 0 bridgehead atoms. The Labute approximate surface area is 87.3 Å². The summed E-state index contributed by atoms with van der Waals surface area (Å²) in [5, 5.41) is 7.02. The lowest BCUT2D eigenvalue weighted by atomic mass is 10.2. The van der Waals surface area contributed by atoms with E-state index < -0.39 is 27.6 Å². The average Bonchev–Trinajstić information content (AvgIpc) is 2.18. The normalized spacial score (nSPS) is 16.7. The van der Waals surface area contributed by atoms with E-state index in [2.05, 4.69) is 4.98 Å². The second-order valence-corrected chi connectivity index (χ2v) is 5.78. The molecule has 8 heteroatoms. The molecule has 3 N–H and O–H groups in total. The van der Waals surface area contributed by atoms with Crippen LogP contribution in [0.3, 0.4) is 0 Å². The molecular weight excluding hydrogens is 240 g/mol. The molecule has 0 radical (unpaired) electrons.